The maximum Gasteiger partial charge on any atom is 0.174 e. The summed E-state index contributed by atoms with van der Waals surface area (Å²) < 4.78 is 18.8. The zero-order chi connectivity index (χ0) is 17.2. The van der Waals surface area contributed by atoms with Crippen molar-refractivity contribution in [3.05, 3.63) is 60.2 Å². The summed E-state index contributed by atoms with van der Waals surface area (Å²) in [6.45, 7) is 0. The summed E-state index contributed by atoms with van der Waals surface area (Å²) in [6, 6.07) is 12.1. The Morgan fingerprint density at radius 2 is 2.08 bits per heavy atom. The topological polar surface area (TPSA) is 75.2 Å². The number of rotatable bonds is 4. The van der Waals surface area contributed by atoms with Crippen molar-refractivity contribution in [1.82, 2.24) is 15.0 Å². The molecular formula is C18H14FN5O. The van der Waals surface area contributed by atoms with Crippen LogP contribution >= 0.6 is 0 Å². The van der Waals surface area contributed by atoms with Gasteiger partial charge in [0.05, 0.1) is 13.3 Å². The Labute approximate surface area is 142 Å². The maximum atomic E-state index is 13.5. The van der Waals surface area contributed by atoms with Crippen molar-refractivity contribution >= 4 is 34.0 Å². The lowest BCUT2D eigenvalue weighted by atomic mass is 10.2. The number of benzene rings is 2. The number of hydrogen-bond donors (Lipinski definition) is 2. The van der Waals surface area contributed by atoms with Gasteiger partial charge in [-0.2, -0.15) is 5.10 Å². The molecule has 124 valence electrons. The molecule has 0 saturated heterocycles. The van der Waals surface area contributed by atoms with Crippen LogP contribution in [0.15, 0.2) is 53.9 Å². The average Bonchev–Trinajstić information content (AvgIpc) is 3.01. The fourth-order valence-corrected chi connectivity index (χ4v) is 2.69. The van der Waals surface area contributed by atoms with Crippen molar-refractivity contribution in [2.45, 2.75) is 0 Å². The largest absolute Gasteiger partial charge is 0.496 e. The molecule has 2 aromatic carbocycles. The van der Waals surface area contributed by atoms with E-state index in [-0.39, 0.29) is 5.82 Å². The van der Waals surface area contributed by atoms with Crippen LogP contribution in [0.2, 0.25) is 0 Å². The lowest BCUT2D eigenvalue weighted by Gasteiger charge is -2.03. The summed E-state index contributed by atoms with van der Waals surface area (Å²) in [5.41, 5.74) is 5.83. The number of aromatic amines is 1. The Morgan fingerprint density at radius 1 is 1.20 bits per heavy atom. The molecule has 0 atom stereocenters. The van der Waals surface area contributed by atoms with Gasteiger partial charge in [0.25, 0.3) is 0 Å². The molecule has 25 heavy (non-hydrogen) atoms. The minimum Gasteiger partial charge on any atom is -0.496 e. The number of halogens is 1. The van der Waals surface area contributed by atoms with E-state index in [2.05, 4.69) is 25.5 Å². The summed E-state index contributed by atoms with van der Waals surface area (Å²) in [6.07, 6.45) is 3.07. The molecule has 7 heteroatoms. The molecule has 0 amide bonds. The molecule has 0 radical (unpaired) electrons. The SMILES string of the molecule is COc1ccccc1C=NNc1ncnc2c1[nH]c1ccc(F)cc12. The number of hydrogen-bond acceptors (Lipinski definition) is 5. The minimum absolute atomic E-state index is 0.310. The molecule has 2 heterocycles. The third kappa shape index (κ3) is 2.76. The highest BCUT2D eigenvalue weighted by atomic mass is 19.1. The Morgan fingerprint density at radius 3 is 2.96 bits per heavy atom. The summed E-state index contributed by atoms with van der Waals surface area (Å²) in [5.74, 6) is 0.922. The summed E-state index contributed by atoms with van der Waals surface area (Å²) in [4.78, 5) is 11.6. The van der Waals surface area contributed by atoms with Gasteiger partial charge in [-0.05, 0) is 30.3 Å². The van der Waals surface area contributed by atoms with Crippen LogP contribution in [0.25, 0.3) is 21.9 Å². The first-order chi connectivity index (χ1) is 12.3. The van der Waals surface area contributed by atoms with Crippen LogP contribution in [-0.2, 0) is 0 Å². The van der Waals surface area contributed by atoms with Gasteiger partial charge in [0, 0.05) is 16.5 Å². The number of fused-ring (bicyclic) bond motifs is 3. The Balaban J connectivity index is 1.70. The molecule has 0 fully saturated rings. The fraction of sp³-hybridized carbons (Fsp3) is 0.0556. The minimum atomic E-state index is -0.310. The lowest BCUT2D eigenvalue weighted by Crippen LogP contribution is -1.96. The second-order valence-corrected chi connectivity index (χ2v) is 5.37. The van der Waals surface area contributed by atoms with Gasteiger partial charge in [0.1, 0.15) is 28.9 Å². The summed E-state index contributed by atoms with van der Waals surface area (Å²) in [7, 11) is 1.61. The van der Waals surface area contributed by atoms with Gasteiger partial charge in [-0.15, -0.1) is 0 Å². The highest BCUT2D eigenvalue weighted by Gasteiger charge is 2.10. The van der Waals surface area contributed by atoms with Gasteiger partial charge in [0.15, 0.2) is 5.82 Å². The molecule has 6 nitrogen and oxygen atoms in total. The number of para-hydroxylation sites is 1. The van der Waals surface area contributed by atoms with E-state index < -0.39 is 0 Å². The fourth-order valence-electron chi connectivity index (χ4n) is 2.69. The number of hydrazone groups is 1. The number of H-pyrrole nitrogens is 1. The van der Waals surface area contributed by atoms with Crippen molar-refractivity contribution in [3.8, 4) is 5.75 Å². The van der Waals surface area contributed by atoms with Crippen molar-refractivity contribution in [2.24, 2.45) is 5.10 Å². The quantitative estimate of drug-likeness (QED) is 0.440. The van der Waals surface area contributed by atoms with Gasteiger partial charge < -0.3 is 9.72 Å². The molecule has 4 aromatic rings. The first-order valence-electron chi connectivity index (χ1n) is 7.60. The second-order valence-electron chi connectivity index (χ2n) is 5.37. The van der Waals surface area contributed by atoms with Crippen LogP contribution in [0.3, 0.4) is 0 Å². The van der Waals surface area contributed by atoms with Crippen molar-refractivity contribution < 1.29 is 9.13 Å². The van der Waals surface area contributed by atoms with Crippen LogP contribution in [-0.4, -0.2) is 28.3 Å². The van der Waals surface area contributed by atoms with Crippen LogP contribution < -0.4 is 10.2 Å². The monoisotopic (exact) mass is 335 g/mol. The van der Waals surface area contributed by atoms with Gasteiger partial charge in [-0.3, -0.25) is 5.43 Å². The number of methoxy groups -OCH3 is 1. The third-order valence-corrected chi connectivity index (χ3v) is 3.86. The number of aromatic nitrogens is 3. The maximum absolute atomic E-state index is 13.5. The smallest absolute Gasteiger partial charge is 0.174 e. The summed E-state index contributed by atoms with van der Waals surface area (Å²) >= 11 is 0. The molecule has 4 rings (SSSR count). The molecule has 0 unspecified atom stereocenters. The van der Waals surface area contributed by atoms with E-state index in [1.54, 1.807) is 19.4 Å². The number of nitrogens with one attached hydrogen (secondary N) is 2. The van der Waals surface area contributed by atoms with Crippen molar-refractivity contribution in [3.63, 3.8) is 0 Å². The number of ether oxygens (including phenoxy) is 1. The first-order valence-corrected chi connectivity index (χ1v) is 7.60. The van der Waals surface area contributed by atoms with E-state index in [9.17, 15) is 4.39 Å². The Kier molecular flexibility index (Phi) is 3.74. The van der Waals surface area contributed by atoms with E-state index in [4.69, 9.17) is 4.74 Å². The predicted octanol–water partition coefficient (Wildman–Crippen LogP) is 3.70. The van der Waals surface area contributed by atoms with Gasteiger partial charge in [-0.1, -0.05) is 12.1 Å². The summed E-state index contributed by atoms with van der Waals surface area (Å²) in [5, 5.41) is 4.92. The van der Waals surface area contributed by atoms with Gasteiger partial charge in [-0.25, -0.2) is 14.4 Å². The zero-order valence-corrected chi connectivity index (χ0v) is 13.3. The lowest BCUT2D eigenvalue weighted by molar-refractivity contribution is 0.414. The molecule has 0 spiro atoms. The second kappa shape index (κ2) is 6.20. The molecule has 2 N–H and O–H groups in total. The van der Waals surface area contributed by atoms with Gasteiger partial charge >= 0.3 is 0 Å². The average molecular weight is 335 g/mol. The third-order valence-electron chi connectivity index (χ3n) is 3.86. The van der Waals surface area contributed by atoms with Crippen LogP contribution in [0, 0.1) is 5.82 Å². The van der Waals surface area contributed by atoms with E-state index in [0.717, 1.165) is 16.8 Å². The van der Waals surface area contributed by atoms with E-state index >= 15 is 0 Å². The normalized spacial score (nSPS) is 11.4. The molecule has 0 aliphatic carbocycles. The van der Waals surface area contributed by atoms with Crippen molar-refractivity contribution in [1.29, 1.82) is 0 Å². The first kappa shape index (κ1) is 15.1. The van der Waals surface area contributed by atoms with E-state index in [1.807, 2.05) is 24.3 Å². The van der Waals surface area contributed by atoms with E-state index in [0.29, 0.717) is 22.2 Å². The van der Waals surface area contributed by atoms with E-state index in [1.165, 1.54) is 18.5 Å². The molecule has 0 bridgehead atoms. The number of nitrogens with zero attached hydrogens (tertiary/aromatic N) is 3. The molecular weight excluding hydrogens is 321 g/mol. The highest BCUT2D eigenvalue weighted by molar-refractivity contribution is 6.08. The Hall–Kier alpha value is -3.48. The molecule has 0 aliphatic rings. The predicted molar refractivity (Wildman–Crippen MR) is 95.6 cm³/mol. The molecule has 2 aromatic heterocycles. The van der Waals surface area contributed by atoms with Crippen LogP contribution in [0.5, 0.6) is 5.75 Å². The Bertz CT molecular complexity index is 1090. The molecule has 0 saturated carbocycles. The van der Waals surface area contributed by atoms with Crippen molar-refractivity contribution in [2.75, 3.05) is 12.5 Å². The zero-order valence-electron chi connectivity index (χ0n) is 13.3. The van der Waals surface area contributed by atoms with Gasteiger partial charge in [0.2, 0.25) is 0 Å². The molecule has 0 aliphatic heterocycles. The standard InChI is InChI=1S/C18H14FN5O/c1-25-15-5-3-2-4-11(15)9-22-24-18-17-16(20-10-21-18)13-8-12(19)6-7-14(13)23-17/h2-10,23H,1H3,(H,20,21,24). The number of anilines is 1. The van der Waals surface area contributed by atoms with Crippen LogP contribution in [0.4, 0.5) is 10.2 Å². The van der Waals surface area contributed by atoms with Crippen LogP contribution in [0.1, 0.15) is 5.56 Å². The highest BCUT2D eigenvalue weighted by Crippen LogP contribution is 2.27.